The summed E-state index contributed by atoms with van der Waals surface area (Å²) < 4.78 is 4.35. The fourth-order valence-corrected chi connectivity index (χ4v) is 2.51. The largest absolute Gasteiger partial charge is 0.338 e. The first-order chi connectivity index (χ1) is 8.76. The first-order valence-electron chi connectivity index (χ1n) is 6.07. The number of rotatable bonds is 4. The quantitative estimate of drug-likeness (QED) is 0.845. The normalized spacial score (nSPS) is 10.3. The molecule has 0 spiro atoms. The number of aromatic nitrogens is 1. The topological polar surface area (TPSA) is 33.2 Å². The van der Waals surface area contributed by atoms with E-state index in [-0.39, 0.29) is 5.91 Å². The van der Waals surface area contributed by atoms with Crippen LogP contribution >= 0.6 is 11.5 Å². The van der Waals surface area contributed by atoms with E-state index in [0.29, 0.717) is 4.88 Å². The zero-order chi connectivity index (χ0) is 13.0. The third-order valence-electron chi connectivity index (χ3n) is 2.84. The Balaban J connectivity index is 2.23. The molecule has 0 atom stereocenters. The SMILES string of the molecule is CCN(CC)C(=O)c1cc(-c2ccccc2)ns1. The third kappa shape index (κ3) is 2.59. The first-order valence-corrected chi connectivity index (χ1v) is 6.85. The predicted octanol–water partition coefficient (Wildman–Crippen LogP) is 3.29. The Kier molecular flexibility index (Phi) is 4.10. The highest BCUT2D eigenvalue weighted by Gasteiger charge is 2.16. The van der Waals surface area contributed by atoms with E-state index < -0.39 is 0 Å². The van der Waals surface area contributed by atoms with Gasteiger partial charge in [-0.3, -0.25) is 4.79 Å². The van der Waals surface area contributed by atoms with E-state index in [1.54, 1.807) is 0 Å². The smallest absolute Gasteiger partial charge is 0.265 e. The number of nitrogens with zero attached hydrogens (tertiary/aromatic N) is 2. The van der Waals surface area contributed by atoms with E-state index in [0.717, 1.165) is 24.3 Å². The maximum absolute atomic E-state index is 12.1. The summed E-state index contributed by atoms with van der Waals surface area (Å²) in [5.41, 5.74) is 1.92. The van der Waals surface area contributed by atoms with Crippen LogP contribution in [0.5, 0.6) is 0 Å². The van der Waals surface area contributed by atoms with Crippen molar-refractivity contribution in [2.45, 2.75) is 13.8 Å². The molecule has 0 saturated heterocycles. The summed E-state index contributed by atoms with van der Waals surface area (Å²) in [6.07, 6.45) is 0. The van der Waals surface area contributed by atoms with Crippen LogP contribution < -0.4 is 0 Å². The van der Waals surface area contributed by atoms with Crippen molar-refractivity contribution in [3.63, 3.8) is 0 Å². The summed E-state index contributed by atoms with van der Waals surface area (Å²) in [6.45, 7) is 5.43. The van der Waals surface area contributed by atoms with Gasteiger partial charge < -0.3 is 4.90 Å². The lowest BCUT2D eigenvalue weighted by Gasteiger charge is -2.16. The number of amides is 1. The van der Waals surface area contributed by atoms with Gasteiger partial charge in [-0.15, -0.1) is 0 Å². The van der Waals surface area contributed by atoms with Crippen LogP contribution in [0.25, 0.3) is 11.3 Å². The summed E-state index contributed by atoms with van der Waals surface area (Å²) in [6, 6.07) is 11.8. The minimum Gasteiger partial charge on any atom is -0.338 e. The van der Waals surface area contributed by atoms with Gasteiger partial charge in [-0.2, -0.15) is 4.37 Å². The fraction of sp³-hybridized carbons (Fsp3) is 0.286. The van der Waals surface area contributed by atoms with Crippen LogP contribution in [0.1, 0.15) is 23.5 Å². The molecule has 3 nitrogen and oxygen atoms in total. The molecule has 0 unspecified atom stereocenters. The third-order valence-corrected chi connectivity index (χ3v) is 3.62. The second-order valence-corrected chi connectivity index (χ2v) is 4.72. The Bertz CT molecular complexity index is 518. The van der Waals surface area contributed by atoms with Gasteiger partial charge >= 0.3 is 0 Å². The molecule has 0 aliphatic rings. The maximum atomic E-state index is 12.1. The molecule has 1 amide bonds. The van der Waals surface area contributed by atoms with Crippen molar-refractivity contribution in [3.8, 4) is 11.3 Å². The highest BCUT2D eigenvalue weighted by atomic mass is 32.1. The van der Waals surface area contributed by atoms with Crippen molar-refractivity contribution in [2.75, 3.05) is 13.1 Å². The van der Waals surface area contributed by atoms with Gasteiger partial charge in [-0.25, -0.2) is 0 Å². The van der Waals surface area contributed by atoms with Crippen LogP contribution in [0, 0.1) is 0 Å². The van der Waals surface area contributed by atoms with Crippen LogP contribution in [0.15, 0.2) is 36.4 Å². The summed E-state index contributed by atoms with van der Waals surface area (Å²) in [4.78, 5) is 14.7. The van der Waals surface area contributed by atoms with E-state index >= 15 is 0 Å². The molecule has 0 radical (unpaired) electrons. The van der Waals surface area contributed by atoms with Crippen molar-refractivity contribution in [3.05, 3.63) is 41.3 Å². The molecule has 1 aromatic carbocycles. The average Bonchev–Trinajstić information content (AvgIpc) is 2.90. The standard InChI is InChI=1S/C14H16N2OS/c1-3-16(4-2)14(17)13-10-12(15-18-13)11-8-6-5-7-9-11/h5-10H,3-4H2,1-2H3. The van der Waals surface area contributed by atoms with E-state index in [4.69, 9.17) is 0 Å². The van der Waals surface area contributed by atoms with Crippen LogP contribution in [0.3, 0.4) is 0 Å². The van der Waals surface area contributed by atoms with Gasteiger partial charge in [-0.1, -0.05) is 30.3 Å². The Hall–Kier alpha value is -1.68. The summed E-state index contributed by atoms with van der Waals surface area (Å²) in [5, 5.41) is 0. The summed E-state index contributed by atoms with van der Waals surface area (Å²) in [7, 11) is 0. The molecule has 0 saturated carbocycles. The van der Waals surface area contributed by atoms with Crippen molar-refractivity contribution in [2.24, 2.45) is 0 Å². The van der Waals surface area contributed by atoms with Gasteiger partial charge in [0.1, 0.15) is 4.88 Å². The molecule has 1 heterocycles. The minimum absolute atomic E-state index is 0.0691. The van der Waals surface area contributed by atoms with Gasteiger partial charge in [-0.05, 0) is 31.4 Å². The molecule has 0 aliphatic carbocycles. The highest BCUT2D eigenvalue weighted by Crippen LogP contribution is 2.22. The molecule has 2 aromatic rings. The zero-order valence-corrected chi connectivity index (χ0v) is 11.4. The molecular weight excluding hydrogens is 244 g/mol. The average molecular weight is 260 g/mol. The van der Waals surface area contributed by atoms with E-state index in [1.165, 1.54) is 11.5 Å². The van der Waals surface area contributed by atoms with Gasteiger partial charge in [0.15, 0.2) is 0 Å². The van der Waals surface area contributed by atoms with E-state index in [1.807, 2.05) is 55.1 Å². The predicted molar refractivity (Wildman–Crippen MR) is 74.8 cm³/mol. The molecule has 4 heteroatoms. The Morgan fingerprint density at radius 1 is 1.22 bits per heavy atom. The lowest BCUT2D eigenvalue weighted by atomic mass is 10.1. The highest BCUT2D eigenvalue weighted by molar-refractivity contribution is 7.08. The van der Waals surface area contributed by atoms with Gasteiger partial charge in [0.25, 0.3) is 5.91 Å². The second kappa shape index (κ2) is 5.78. The van der Waals surface area contributed by atoms with Crippen molar-refractivity contribution in [1.29, 1.82) is 0 Å². The van der Waals surface area contributed by atoms with Crippen LogP contribution in [0.4, 0.5) is 0 Å². The first kappa shape index (κ1) is 12.8. The van der Waals surface area contributed by atoms with Crippen LogP contribution in [0.2, 0.25) is 0 Å². The fourth-order valence-electron chi connectivity index (χ4n) is 1.79. The Morgan fingerprint density at radius 3 is 2.50 bits per heavy atom. The van der Waals surface area contributed by atoms with Gasteiger partial charge in [0.05, 0.1) is 5.69 Å². The van der Waals surface area contributed by atoms with Gasteiger partial charge in [0.2, 0.25) is 0 Å². The van der Waals surface area contributed by atoms with Crippen molar-refractivity contribution >= 4 is 17.4 Å². The number of benzene rings is 1. The number of carbonyl (C=O) groups excluding carboxylic acids is 1. The van der Waals surface area contributed by atoms with Crippen molar-refractivity contribution in [1.82, 2.24) is 9.27 Å². The second-order valence-electron chi connectivity index (χ2n) is 3.92. The lowest BCUT2D eigenvalue weighted by Crippen LogP contribution is -2.29. The molecular formula is C14H16N2OS. The summed E-state index contributed by atoms with van der Waals surface area (Å²) >= 11 is 1.27. The molecule has 18 heavy (non-hydrogen) atoms. The Labute approximate surface area is 111 Å². The molecule has 0 bridgehead atoms. The minimum atomic E-state index is 0.0691. The molecule has 1 aromatic heterocycles. The molecule has 94 valence electrons. The molecule has 2 rings (SSSR count). The maximum Gasteiger partial charge on any atom is 0.265 e. The van der Waals surface area contributed by atoms with Gasteiger partial charge in [0, 0.05) is 18.7 Å². The lowest BCUT2D eigenvalue weighted by molar-refractivity contribution is 0.0778. The Morgan fingerprint density at radius 2 is 1.89 bits per heavy atom. The van der Waals surface area contributed by atoms with Crippen molar-refractivity contribution < 1.29 is 4.79 Å². The van der Waals surface area contributed by atoms with E-state index in [2.05, 4.69) is 4.37 Å². The van der Waals surface area contributed by atoms with E-state index in [9.17, 15) is 4.79 Å². The van der Waals surface area contributed by atoms with Crippen LogP contribution in [-0.4, -0.2) is 28.3 Å². The summed E-state index contributed by atoms with van der Waals surface area (Å²) in [5.74, 6) is 0.0691. The molecule has 0 N–H and O–H groups in total. The molecule has 0 fully saturated rings. The molecule has 0 aliphatic heterocycles. The number of hydrogen-bond donors (Lipinski definition) is 0. The van der Waals surface area contributed by atoms with Crippen LogP contribution in [-0.2, 0) is 0 Å². The zero-order valence-electron chi connectivity index (χ0n) is 10.6. The monoisotopic (exact) mass is 260 g/mol. The number of hydrogen-bond acceptors (Lipinski definition) is 3. The number of carbonyl (C=O) groups is 1.